The highest BCUT2D eigenvalue weighted by atomic mass is 32.2. The number of amides is 2. The first-order chi connectivity index (χ1) is 11.1. The molecule has 1 aliphatic rings. The number of carbonyl (C=O) groups excluding carboxylic acids is 2. The van der Waals surface area contributed by atoms with Gasteiger partial charge in [-0.15, -0.1) is 0 Å². The third-order valence-electron chi connectivity index (χ3n) is 3.19. The molecule has 1 aliphatic heterocycles. The van der Waals surface area contributed by atoms with Crippen LogP contribution in [0.2, 0.25) is 0 Å². The molecular formula is C16H10N2O4S. The lowest BCUT2D eigenvalue weighted by atomic mass is 10.2. The number of hydrogen-bond donors (Lipinski definition) is 0. The summed E-state index contributed by atoms with van der Waals surface area (Å²) >= 11 is 0.814. The summed E-state index contributed by atoms with van der Waals surface area (Å²) in [6.07, 6.45) is 1.49. The van der Waals surface area contributed by atoms with Gasteiger partial charge in [-0.3, -0.25) is 19.7 Å². The van der Waals surface area contributed by atoms with Crippen molar-refractivity contribution in [3.05, 3.63) is 75.2 Å². The average Bonchev–Trinajstić information content (AvgIpc) is 2.82. The Hall–Kier alpha value is -2.93. The first-order valence-electron chi connectivity index (χ1n) is 6.64. The number of nitro groups is 1. The lowest BCUT2D eigenvalue weighted by molar-refractivity contribution is -0.384. The van der Waals surface area contributed by atoms with Crippen LogP contribution in [0.15, 0.2) is 59.5 Å². The molecule has 0 atom stereocenters. The maximum Gasteiger partial charge on any atom is 0.298 e. The second-order valence-electron chi connectivity index (χ2n) is 4.70. The molecule has 0 bridgehead atoms. The zero-order valence-corrected chi connectivity index (χ0v) is 12.5. The van der Waals surface area contributed by atoms with Gasteiger partial charge >= 0.3 is 0 Å². The minimum atomic E-state index is -0.507. The molecular weight excluding hydrogens is 316 g/mol. The molecule has 2 amide bonds. The summed E-state index contributed by atoms with van der Waals surface area (Å²) in [6, 6.07) is 14.5. The summed E-state index contributed by atoms with van der Waals surface area (Å²) < 4.78 is 0. The lowest BCUT2D eigenvalue weighted by Gasteiger charge is -2.11. The molecule has 0 saturated carbocycles. The smallest absolute Gasteiger partial charge is 0.268 e. The molecule has 1 saturated heterocycles. The van der Waals surface area contributed by atoms with Crippen LogP contribution in [0.1, 0.15) is 5.56 Å². The SMILES string of the molecule is O=C1SC(=Cc2cccc([N+](=O)[O-])c2)C(=O)N1c1ccccc1. The topological polar surface area (TPSA) is 80.5 Å². The molecule has 0 aromatic heterocycles. The Morgan fingerprint density at radius 1 is 1.04 bits per heavy atom. The van der Waals surface area contributed by atoms with Crippen LogP contribution in [0.25, 0.3) is 6.08 Å². The lowest BCUT2D eigenvalue weighted by Crippen LogP contribution is -2.27. The number of benzene rings is 2. The van der Waals surface area contributed by atoms with E-state index in [1.165, 1.54) is 24.3 Å². The van der Waals surface area contributed by atoms with Crippen LogP contribution in [-0.4, -0.2) is 16.1 Å². The highest BCUT2D eigenvalue weighted by molar-refractivity contribution is 8.19. The molecule has 7 heteroatoms. The number of nitrogens with zero attached hydrogens (tertiary/aromatic N) is 2. The number of hydrogen-bond acceptors (Lipinski definition) is 5. The highest BCUT2D eigenvalue weighted by Gasteiger charge is 2.36. The van der Waals surface area contributed by atoms with Crippen molar-refractivity contribution in [2.75, 3.05) is 4.90 Å². The molecule has 0 spiro atoms. The molecule has 2 aromatic rings. The van der Waals surface area contributed by atoms with E-state index in [0.29, 0.717) is 11.3 Å². The van der Waals surface area contributed by atoms with Crippen LogP contribution < -0.4 is 4.90 Å². The van der Waals surface area contributed by atoms with Crippen LogP contribution >= 0.6 is 11.8 Å². The van der Waals surface area contributed by atoms with E-state index in [0.717, 1.165) is 16.7 Å². The van der Waals surface area contributed by atoms with Crippen molar-refractivity contribution >= 4 is 40.4 Å². The zero-order chi connectivity index (χ0) is 16.4. The summed E-state index contributed by atoms with van der Waals surface area (Å²) in [5, 5.41) is 10.4. The molecule has 0 aliphatic carbocycles. The number of rotatable bonds is 3. The highest BCUT2D eigenvalue weighted by Crippen LogP contribution is 2.35. The van der Waals surface area contributed by atoms with E-state index in [9.17, 15) is 19.7 Å². The Bertz CT molecular complexity index is 833. The fourth-order valence-corrected chi connectivity index (χ4v) is 2.99. The molecule has 0 radical (unpaired) electrons. The van der Waals surface area contributed by atoms with Crippen molar-refractivity contribution < 1.29 is 14.5 Å². The number of non-ortho nitro benzene ring substituents is 1. The Morgan fingerprint density at radius 2 is 1.78 bits per heavy atom. The van der Waals surface area contributed by atoms with Gasteiger partial charge in [0.05, 0.1) is 15.5 Å². The molecule has 1 fully saturated rings. The third kappa shape index (κ3) is 3.00. The second-order valence-corrected chi connectivity index (χ2v) is 5.70. The van der Waals surface area contributed by atoms with E-state index in [2.05, 4.69) is 0 Å². The summed E-state index contributed by atoms with van der Waals surface area (Å²) in [6.45, 7) is 0. The Kier molecular flexibility index (Phi) is 3.94. The minimum absolute atomic E-state index is 0.0685. The van der Waals surface area contributed by atoms with Crippen LogP contribution in [-0.2, 0) is 4.79 Å². The largest absolute Gasteiger partial charge is 0.298 e. The van der Waals surface area contributed by atoms with E-state index in [1.54, 1.807) is 36.4 Å². The molecule has 23 heavy (non-hydrogen) atoms. The van der Waals surface area contributed by atoms with E-state index < -0.39 is 16.1 Å². The predicted molar refractivity (Wildman–Crippen MR) is 88.0 cm³/mol. The number of imide groups is 1. The number of carbonyl (C=O) groups is 2. The maximum absolute atomic E-state index is 12.4. The quantitative estimate of drug-likeness (QED) is 0.486. The van der Waals surface area contributed by atoms with Crippen molar-refractivity contribution in [2.24, 2.45) is 0 Å². The summed E-state index contributed by atoms with van der Waals surface area (Å²) in [5.74, 6) is -0.433. The van der Waals surface area contributed by atoms with Crippen LogP contribution in [0, 0.1) is 10.1 Å². The molecule has 114 valence electrons. The number of para-hydroxylation sites is 1. The fourth-order valence-electron chi connectivity index (χ4n) is 2.15. The van der Waals surface area contributed by atoms with Gasteiger partial charge in [0.1, 0.15) is 0 Å². The second kappa shape index (κ2) is 6.05. The summed E-state index contributed by atoms with van der Waals surface area (Å²) in [4.78, 5) is 36.1. The normalized spacial score (nSPS) is 16.2. The van der Waals surface area contributed by atoms with Gasteiger partial charge in [-0.05, 0) is 35.5 Å². The van der Waals surface area contributed by atoms with Crippen molar-refractivity contribution in [1.82, 2.24) is 0 Å². The van der Waals surface area contributed by atoms with Crippen LogP contribution in [0.5, 0.6) is 0 Å². The van der Waals surface area contributed by atoms with Gasteiger partial charge in [-0.1, -0.05) is 30.3 Å². The van der Waals surface area contributed by atoms with E-state index in [1.807, 2.05) is 0 Å². The van der Waals surface area contributed by atoms with Gasteiger partial charge < -0.3 is 0 Å². The molecule has 0 unspecified atom stereocenters. The Morgan fingerprint density at radius 3 is 2.48 bits per heavy atom. The number of anilines is 1. The van der Waals surface area contributed by atoms with Gasteiger partial charge in [-0.25, -0.2) is 4.90 Å². The standard InChI is InChI=1S/C16H10N2O4S/c19-15-14(10-11-5-4-8-13(9-11)18(21)22)23-16(20)17(15)12-6-2-1-3-7-12/h1-10H. The van der Waals surface area contributed by atoms with Gasteiger partial charge in [-0.2, -0.15) is 0 Å². The first kappa shape index (κ1) is 15.0. The van der Waals surface area contributed by atoms with Crippen molar-refractivity contribution in [2.45, 2.75) is 0 Å². The first-order valence-corrected chi connectivity index (χ1v) is 7.45. The van der Waals surface area contributed by atoms with Gasteiger partial charge in [0.2, 0.25) is 0 Å². The van der Waals surface area contributed by atoms with E-state index in [-0.39, 0.29) is 10.6 Å². The maximum atomic E-state index is 12.4. The minimum Gasteiger partial charge on any atom is -0.268 e. The molecule has 1 heterocycles. The molecule has 3 rings (SSSR count). The van der Waals surface area contributed by atoms with E-state index in [4.69, 9.17) is 0 Å². The summed E-state index contributed by atoms with van der Waals surface area (Å²) in [5.41, 5.74) is 0.927. The zero-order valence-electron chi connectivity index (χ0n) is 11.7. The third-order valence-corrected chi connectivity index (χ3v) is 4.06. The fraction of sp³-hybridized carbons (Fsp3) is 0. The molecule has 2 aromatic carbocycles. The van der Waals surface area contributed by atoms with Crippen LogP contribution in [0.3, 0.4) is 0 Å². The van der Waals surface area contributed by atoms with Gasteiger partial charge in [0.15, 0.2) is 0 Å². The Labute approximate surface area is 135 Å². The Balaban J connectivity index is 1.93. The van der Waals surface area contributed by atoms with Crippen molar-refractivity contribution in [3.8, 4) is 0 Å². The van der Waals surface area contributed by atoms with Crippen molar-refractivity contribution in [1.29, 1.82) is 0 Å². The van der Waals surface area contributed by atoms with Gasteiger partial charge in [0.25, 0.3) is 16.8 Å². The van der Waals surface area contributed by atoms with Crippen molar-refractivity contribution in [3.63, 3.8) is 0 Å². The summed E-state index contributed by atoms with van der Waals surface area (Å²) in [7, 11) is 0. The van der Waals surface area contributed by atoms with Crippen LogP contribution in [0.4, 0.5) is 16.2 Å². The monoisotopic (exact) mass is 326 g/mol. The average molecular weight is 326 g/mol. The number of nitro benzene ring substituents is 1. The van der Waals surface area contributed by atoms with Gasteiger partial charge in [0, 0.05) is 12.1 Å². The molecule has 6 nitrogen and oxygen atoms in total. The van der Waals surface area contributed by atoms with E-state index >= 15 is 0 Å². The number of thioether (sulfide) groups is 1. The predicted octanol–water partition coefficient (Wildman–Crippen LogP) is 3.84. The molecule has 0 N–H and O–H groups in total.